The lowest BCUT2D eigenvalue weighted by molar-refractivity contribution is -0.117. The highest BCUT2D eigenvalue weighted by atomic mass is 16.5. The van der Waals surface area contributed by atoms with Crippen LogP contribution in [0, 0.1) is 0 Å². The SMILES string of the molecule is Cn1ncnc1NC(=O)[C@H]1COc2ccccc21. The Hall–Kier alpha value is -2.37. The van der Waals surface area contributed by atoms with Gasteiger partial charge in [-0.1, -0.05) is 18.2 Å². The van der Waals surface area contributed by atoms with Gasteiger partial charge in [-0.25, -0.2) is 4.68 Å². The van der Waals surface area contributed by atoms with Gasteiger partial charge in [-0.3, -0.25) is 10.1 Å². The third-order valence-electron chi connectivity index (χ3n) is 2.96. The fraction of sp³-hybridized carbons (Fsp3) is 0.250. The van der Waals surface area contributed by atoms with Crippen molar-refractivity contribution >= 4 is 11.9 Å². The molecule has 6 heteroatoms. The van der Waals surface area contributed by atoms with Crippen molar-refractivity contribution in [1.29, 1.82) is 0 Å². The number of aryl methyl sites for hydroxylation is 1. The van der Waals surface area contributed by atoms with Gasteiger partial charge in [-0.15, -0.1) is 0 Å². The first kappa shape index (κ1) is 10.8. The average Bonchev–Trinajstić information content (AvgIpc) is 2.96. The highest BCUT2D eigenvalue weighted by molar-refractivity contribution is 5.95. The van der Waals surface area contributed by atoms with E-state index in [1.807, 2.05) is 24.3 Å². The van der Waals surface area contributed by atoms with E-state index in [-0.39, 0.29) is 11.8 Å². The second kappa shape index (κ2) is 4.14. The zero-order valence-corrected chi connectivity index (χ0v) is 9.83. The van der Waals surface area contributed by atoms with E-state index in [9.17, 15) is 4.79 Å². The molecule has 2 heterocycles. The minimum absolute atomic E-state index is 0.129. The maximum absolute atomic E-state index is 12.2. The van der Waals surface area contributed by atoms with Gasteiger partial charge >= 0.3 is 0 Å². The molecule has 0 radical (unpaired) electrons. The van der Waals surface area contributed by atoms with Crippen LogP contribution in [-0.4, -0.2) is 27.3 Å². The van der Waals surface area contributed by atoms with Crippen molar-refractivity contribution in [3.63, 3.8) is 0 Å². The summed E-state index contributed by atoms with van der Waals surface area (Å²) in [5.74, 6) is 0.786. The molecule has 2 aromatic rings. The summed E-state index contributed by atoms with van der Waals surface area (Å²) in [6, 6.07) is 7.56. The van der Waals surface area contributed by atoms with E-state index in [0.717, 1.165) is 11.3 Å². The van der Waals surface area contributed by atoms with Crippen molar-refractivity contribution in [3.05, 3.63) is 36.2 Å². The lowest BCUT2D eigenvalue weighted by atomic mass is 10.0. The van der Waals surface area contributed by atoms with Gasteiger partial charge in [0.1, 0.15) is 24.6 Å². The van der Waals surface area contributed by atoms with Crippen molar-refractivity contribution in [2.75, 3.05) is 11.9 Å². The number of nitrogens with zero attached hydrogens (tertiary/aromatic N) is 3. The van der Waals surface area contributed by atoms with E-state index >= 15 is 0 Å². The summed E-state index contributed by atoms with van der Waals surface area (Å²) in [6.07, 6.45) is 1.40. The van der Waals surface area contributed by atoms with Gasteiger partial charge in [0.25, 0.3) is 0 Å². The molecule has 1 aliphatic rings. The fourth-order valence-electron chi connectivity index (χ4n) is 1.99. The minimum Gasteiger partial charge on any atom is -0.492 e. The number of rotatable bonds is 2. The highest BCUT2D eigenvalue weighted by Gasteiger charge is 2.30. The first-order chi connectivity index (χ1) is 8.75. The Kier molecular flexibility index (Phi) is 2.47. The van der Waals surface area contributed by atoms with Gasteiger partial charge < -0.3 is 4.74 Å². The van der Waals surface area contributed by atoms with Gasteiger partial charge in [0.05, 0.1) is 0 Å². The standard InChI is InChI=1S/C12H12N4O2/c1-16-12(13-7-14-16)15-11(17)9-6-18-10-5-3-2-4-8(9)10/h2-5,7,9H,6H2,1H3,(H,13,14,15,17)/t9-/m0/s1. The number of ether oxygens (including phenoxy) is 1. The van der Waals surface area contributed by atoms with Crippen molar-refractivity contribution in [2.45, 2.75) is 5.92 Å². The Labute approximate surface area is 104 Å². The first-order valence-corrected chi connectivity index (χ1v) is 5.62. The third-order valence-corrected chi connectivity index (χ3v) is 2.96. The van der Waals surface area contributed by atoms with Gasteiger partial charge in [-0.05, 0) is 6.07 Å². The number of aromatic nitrogens is 3. The molecule has 1 atom stereocenters. The molecule has 0 fully saturated rings. The van der Waals surface area contributed by atoms with Crippen LogP contribution >= 0.6 is 0 Å². The fourth-order valence-corrected chi connectivity index (χ4v) is 1.99. The largest absolute Gasteiger partial charge is 0.492 e. The van der Waals surface area contributed by atoms with Crippen LogP contribution in [0.25, 0.3) is 0 Å². The van der Waals surface area contributed by atoms with Crippen LogP contribution in [0.15, 0.2) is 30.6 Å². The summed E-state index contributed by atoms with van der Waals surface area (Å²) >= 11 is 0. The summed E-state index contributed by atoms with van der Waals surface area (Å²) in [7, 11) is 1.72. The number of carbonyl (C=O) groups is 1. The van der Waals surface area contributed by atoms with Crippen LogP contribution in [0.1, 0.15) is 11.5 Å². The number of hydrogen-bond donors (Lipinski definition) is 1. The lowest BCUT2D eigenvalue weighted by Gasteiger charge is -2.08. The molecule has 0 bridgehead atoms. The quantitative estimate of drug-likeness (QED) is 0.853. The Balaban J connectivity index is 1.81. The van der Waals surface area contributed by atoms with E-state index in [1.165, 1.54) is 11.0 Å². The monoisotopic (exact) mass is 244 g/mol. The molecule has 0 saturated heterocycles. The molecule has 18 heavy (non-hydrogen) atoms. The summed E-state index contributed by atoms with van der Waals surface area (Å²) in [5, 5.41) is 6.64. The van der Waals surface area contributed by atoms with E-state index in [2.05, 4.69) is 15.4 Å². The predicted molar refractivity (Wildman–Crippen MR) is 64.3 cm³/mol. The van der Waals surface area contributed by atoms with Crippen LogP contribution in [0.5, 0.6) is 5.75 Å². The van der Waals surface area contributed by atoms with E-state index in [1.54, 1.807) is 7.05 Å². The predicted octanol–water partition coefficient (Wildman–Crippen LogP) is 0.930. The maximum Gasteiger partial charge on any atom is 0.237 e. The number of carbonyl (C=O) groups excluding carboxylic acids is 1. The molecule has 1 N–H and O–H groups in total. The summed E-state index contributed by atoms with van der Waals surface area (Å²) in [6.45, 7) is 0.364. The Bertz CT molecular complexity index is 593. The van der Waals surface area contributed by atoms with Crippen LogP contribution in [0.3, 0.4) is 0 Å². The maximum atomic E-state index is 12.2. The second-order valence-electron chi connectivity index (χ2n) is 4.10. The van der Waals surface area contributed by atoms with Crippen molar-refractivity contribution in [3.8, 4) is 5.75 Å². The van der Waals surface area contributed by atoms with Gasteiger partial charge in [-0.2, -0.15) is 10.1 Å². The van der Waals surface area contributed by atoms with Gasteiger partial charge in [0, 0.05) is 12.6 Å². The number of amides is 1. The zero-order chi connectivity index (χ0) is 12.5. The molecule has 0 spiro atoms. The molecular formula is C12H12N4O2. The van der Waals surface area contributed by atoms with Crippen molar-refractivity contribution in [1.82, 2.24) is 14.8 Å². The number of hydrogen-bond acceptors (Lipinski definition) is 4. The number of nitrogens with one attached hydrogen (secondary N) is 1. The van der Waals surface area contributed by atoms with Crippen LogP contribution in [0.4, 0.5) is 5.95 Å². The molecule has 3 rings (SSSR count). The first-order valence-electron chi connectivity index (χ1n) is 5.62. The van der Waals surface area contributed by atoms with Crippen LogP contribution < -0.4 is 10.1 Å². The average molecular weight is 244 g/mol. The molecule has 92 valence electrons. The van der Waals surface area contributed by atoms with E-state index < -0.39 is 0 Å². The molecule has 0 unspecified atom stereocenters. The molecular weight excluding hydrogens is 232 g/mol. The number of para-hydroxylation sites is 1. The van der Waals surface area contributed by atoms with E-state index in [0.29, 0.717) is 12.6 Å². The smallest absolute Gasteiger partial charge is 0.237 e. The van der Waals surface area contributed by atoms with Gasteiger partial charge in [0.15, 0.2) is 0 Å². The van der Waals surface area contributed by atoms with Crippen LogP contribution in [0.2, 0.25) is 0 Å². The van der Waals surface area contributed by atoms with Crippen molar-refractivity contribution < 1.29 is 9.53 Å². The third kappa shape index (κ3) is 1.71. The lowest BCUT2D eigenvalue weighted by Crippen LogP contribution is -2.23. The Morgan fingerprint density at radius 1 is 1.50 bits per heavy atom. The number of benzene rings is 1. The molecule has 0 aliphatic carbocycles. The summed E-state index contributed by atoms with van der Waals surface area (Å²) in [5.41, 5.74) is 0.914. The molecule has 1 aromatic heterocycles. The Morgan fingerprint density at radius 3 is 3.11 bits per heavy atom. The molecule has 0 saturated carbocycles. The Morgan fingerprint density at radius 2 is 2.33 bits per heavy atom. The second-order valence-corrected chi connectivity index (χ2v) is 4.10. The molecule has 6 nitrogen and oxygen atoms in total. The molecule has 1 aliphatic heterocycles. The molecule has 1 aromatic carbocycles. The number of fused-ring (bicyclic) bond motifs is 1. The van der Waals surface area contributed by atoms with Crippen LogP contribution in [-0.2, 0) is 11.8 Å². The highest BCUT2D eigenvalue weighted by Crippen LogP contribution is 2.33. The topological polar surface area (TPSA) is 69.0 Å². The molecule has 1 amide bonds. The summed E-state index contributed by atoms with van der Waals surface area (Å²) < 4.78 is 6.99. The van der Waals surface area contributed by atoms with Crippen molar-refractivity contribution in [2.24, 2.45) is 7.05 Å². The summed E-state index contributed by atoms with van der Waals surface area (Å²) in [4.78, 5) is 16.1. The normalized spacial score (nSPS) is 17.1. The van der Waals surface area contributed by atoms with Gasteiger partial charge in [0.2, 0.25) is 11.9 Å². The van der Waals surface area contributed by atoms with E-state index in [4.69, 9.17) is 4.74 Å². The minimum atomic E-state index is -0.294. The zero-order valence-electron chi connectivity index (χ0n) is 9.83. The number of anilines is 1.